The van der Waals surface area contributed by atoms with Crippen LogP contribution in [0.15, 0.2) is 36.4 Å². The summed E-state index contributed by atoms with van der Waals surface area (Å²) in [5.41, 5.74) is 6.20. The van der Waals surface area contributed by atoms with Crippen molar-refractivity contribution in [3.8, 4) is 5.75 Å². The van der Waals surface area contributed by atoms with Crippen LogP contribution in [0.25, 0.3) is 0 Å². The Bertz CT molecular complexity index is 719. The molecule has 24 heavy (non-hydrogen) atoms. The van der Waals surface area contributed by atoms with Gasteiger partial charge in [0, 0.05) is 22.3 Å². The van der Waals surface area contributed by atoms with Crippen LogP contribution in [-0.4, -0.2) is 11.3 Å². The lowest BCUT2D eigenvalue weighted by molar-refractivity contribution is 0.414. The smallest absolute Gasteiger partial charge is 0.119 e. The average Bonchev–Trinajstić information content (AvgIpc) is 2.50. The van der Waals surface area contributed by atoms with E-state index in [1.54, 1.807) is 7.11 Å². The summed E-state index contributed by atoms with van der Waals surface area (Å²) in [6.07, 6.45) is 0. The highest BCUT2D eigenvalue weighted by atomic mass is 32.2. The third-order valence-corrected chi connectivity index (χ3v) is 5.60. The van der Waals surface area contributed by atoms with E-state index in [2.05, 4.69) is 46.8 Å². The fraction of sp³-hybridized carbons (Fsp3) is 0.429. The lowest BCUT2D eigenvalue weighted by atomic mass is 9.84. The van der Waals surface area contributed by atoms with E-state index in [-0.39, 0.29) is 5.41 Å². The van der Waals surface area contributed by atoms with Crippen LogP contribution in [0.1, 0.15) is 48.6 Å². The Morgan fingerprint density at radius 3 is 2.17 bits per heavy atom. The number of ether oxygens (including phenoxy) is 1. The van der Waals surface area contributed by atoms with Gasteiger partial charge in [-0.05, 0) is 59.2 Å². The van der Waals surface area contributed by atoms with E-state index >= 15 is 0 Å². The van der Waals surface area contributed by atoms with Crippen LogP contribution >= 0.6 is 0 Å². The quantitative estimate of drug-likeness (QED) is 0.758. The van der Waals surface area contributed by atoms with Crippen molar-refractivity contribution in [2.45, 2.75) is 51.5 Å². The second kappa shape index (κ2) is 7.52. The summed E-state index contributed by atoms with van der Waals surface area (Å²) in [7, 11) is 0.716. The van der Waals surface area contributed by atoms with Crippen molar-refractivity contribution in [3.05, 3.63) is 64.2 Å². The van der Waals surface area contributed by atoms with Crippen molar-refractivity contribution in [3.63, 3.8) is 0 Å². The third-order valence-electron chi connectivity index (χ3n) is 4.33. The minimum absolute atomic E-state index is 0.133. The molecule has 0 N–H and O–H groups in total. The van der Waals surface area contributed by atoms with Gasteiger partial charge in [-0.15, -0.1) is 0 Å². The van der Waals surface area contributed by atoms with Crippen molar-refractivity contribution in [2.24, 2.45) is 0 Å². The van der Waals surface area contributed by atoms with E-state index in [0.717, 1.165) is 11.3 Å². The molecule has 0 bridgehead atoms. The fourth-order valence-corrected chi connectivity index (χ4v) is 4.24. The first kappa shape index (κ1) is 18.7. The third kappa shape index (κ3) is 4.70. The van der Waals surface area contributed by atoms with Crippen LogP contribution in [-0.2, 0) is 27.7 Å². The van der Waals surface area contributed by atoms with E-state index in [9.17, 15) is 4.21 Å². The molecule has 0 aliphatic rings. The Labute approximate surface area is 148 Å². The SMILES string of the molecule is COc1cccc(CS(=O)Cc2c(C)cc(C(C)(C)C)cc2C)c1. The normalized spacial score (nSPS) is 12.9. The number of rotatable bonds is 5. The molecule has 0 amide bonds. The second-order valence-electron chi connectivity index (χ2n) is 7.42. The summed E-state index contributed by atoms with van der Waals surface area (Å²) >= 11 is 0. The molecule has 130 valence electrons. The van der Waals surface area contributed by atoms with Crippen molar-refractivity contribution < 1.29 is 8.95 Å². The highest BCUT2D eigenvalue weighted by Crippen LogP contribution is 2.28. The van der Waals surface area contributed by atoms with Gasteiger partial charge in [-0.2, -0.15) is 0 Å². The Morgan fingerprint density at radius 2 is 1.62 bits per heavy atom. The number of methoxy groups -OCH3 is 1. The number of aryl methyl sites for hydroxylation is 2. The van der Waals surface area contributed by atoms with Crippen LogP contribution in [0.5, 0.6) is 5.75 Å². The van der Waals surface area contributed by atoms with Crippen molar-refractivity contribution in [1.29, 1.82) is 0 Å². The van der Waals surface area contributed by atoms with E-state index < -0.39 is 10.8 Å². The Hall–Kier alpha value is -1.61. The van der Waals surface area contributed by atoms with Gasteiger partial charge in [-0.25, -0.2) is 0 Å². The molecule has 0 saturated heterocycles. The molecule has 2 aromatic rings. The zero-order chi connectivity index (χ0) is 17.9. The lowest BCUT2D eigenvalue weighted by Crippen LogP contribution is -2.13. The zero-order valence-electron chi connectivity index (χ0n) is 15.6. The summed E-state index contributed by atoms with van der Waals surface area (Å²) in [6, 6.07) is 12.3. The van der Waals surface area contributed by atoms with Gasteiger partial charge >= 0.3 is 0 Å². The summed E-state index contributed by atoms with van der Waals surface area (Å²) in [4.78, 5) is 0. The standard InChI is InChI=1S/C21H28O2S/c1-15-10-18(21(3,4)5)11-16(2)20(15)14-24(22)13-17-8-7-9-19(12-17)23-6/h7-12H,13-14H2,1-6H3. The summed E-state index contributed by atoms with van der Waals surface area (Å²) < 4.78 is 17.9. The molecule has 0 fully saturated rings. The molecule has 0 aromatic heterocycles. The largest absolute Gasteiger partial charge is 0.497 e. The Kier molecular flexibility index (Phi) is 5.87. The predicted octanol–water partition coefficient (Wildman–Crippen LogP) is 5.06. The van der Waals surface area contributed by atoms with Crippen molar-refractivity contribution in [2.75, 3.05) is 7.11 Å². The first-order valence-electron chi connectivity index (χ1n) is 8.29. The Morgan fingerprint density at radius 1 is 1.00 bits per heavy atom. The van der Waals surface area contributed by atoms with Gasteiger partial charge in [0.25, 0.3) is 0 Å². The molecular weight excluding hydrogens is 316 g/mol. The Balaban J connectivity index is 2.17. The van der Waals surface area contributed by atoms with Crippen LogP contribution in [0, 0.1) is 13.8 Å². The van der Waals surface area contributed by atoms with Crippen molar-refractivity contribution >= 4 is 10.8 Å². The molecule has 0 aliphatic carbocycles. The maximum absolute atomic E-state index is 12.6. The molecule has 2 aromatic carbocycles. The molecule has 0 radical (unpaired) electrons. The number of hydrogen-bond donors (Lipinski definition) is 0. The summed E-state index contributed by atoms with van der Waals surface area (Å²) in [5, 5.41) is 0. The molecule has 1 atom stereocenters. The highest BCUT2D eigenvalue weighted by Gasteiger charge is 2.17. The van der Waals surface area contributed by atoms with Gasteiger partial charge in [0.15, 0.2) is 0 Å². The number of hydrogen-bond acceptors (Lipinski definition) is 2. The van der Waals surface area contributed by atoms with E-state index in [1.165, 1.54) is 22.3 Å². The lowest BCUT2D eigenvalue weighted by Gasteiger charge is -2.22. The molecule has 0 heterocycles. The number of benzene rings is 2. The summed E-state index contributed by atoms with van der Waals surface area (Å²) in [6.45, 7) is 10.9. The van der Waals surface area contributed by atoms with Gasteiger partial charge in [0.05, 0.1) is 7.11 Å². The molecule has 3 heteroatoms. The van der Waals surface area contributed by atoms with Gasteiger partial charge in [-0.3, -0.25) is 4.21 Å². The minimum atomic E-state index is -0.936. The molecule has 1 unspecified atom stereocenters. The van der Waals surface area contributed by atoms with E-state index in [0.29, 0.717) is 11.5 Å². The maximum Gasteiger partial charge on any atom is 0.119 e. The first-order valence-corrected chi connectivity index (χ1v) is 9.78. The minimum Gasteiger partial charge on any atom is -0.497 e. The van der Waals surface area contributed by atoms with Gasteiger partial charge in [0.2, 0.25) is 0 Å². The predicted molar refractivity (Wildman–Crippen MR) is 103 cm³/mol. The maximum atomic E-state index is 12.6. The van der Waals surface area contributed by atoms with Gasteiger partial charge in [0.1, 0.15) is 5.75 Å². The monoisotopic (exact) mass is 344 g/mol. The molecule has 2 rings (SSSR count). The molecule has 0 spiro atoms. The van der Waals surface area contributed by atoms with Gasteiger partial charge < -0.3 is 4.74 Å². The molecule has 2 nitrogen and oxygen atoms in total. The van der Waals surface area contributed by atoms with Crippen LogP contribution in [0.4, 0.5) is 0 Å². The van der Waals surface area contributed by atoms with Crippen molar-refractivity contribution in [1.82, 2.24) is 0 Å². The highest BCUT2D eigenvalue weighted by molar-refractivity contribution is 7.83. The molecule has 0 aliphatic heterocycles. The first-order chi connectivity index (χ1) is 11.2. The summed E-state index contributed by atoms with van der Waals surface area (Å²) in [5.74, 6) is 1.96. The molecule has 0 saturated carbocycles. The zero-order valence-corrected chi connectivity index (χ0v) is 16.4. The fourth-order valence-electron chi connectivity index (χ4n) is 2.81. The van der Waals surface area contributed by atoms with Crippen LogP contribution in [0.3, 0.4) is 0 Å². The van der Waals surface area contributed by atoms with Gasteiger partial charge in [-0.1, -0.05) is 45.0 Å². The van der Waals surface area contributed by atoms with Crippen LogP contribution in [0.2, 0.25) is 0 Å². The van der Waals surface area contributed by atoms with Crippen LogP contribution < -0.4 is 4.74 Å². The van der Waals surface area contributed by atoms with E-state index in [1.807, 2.05) is 24.3 Å². The molecular formula is C21H28O2S. The topological polar surface area (TPSA) is 26.3 Å². The van der Waals surface area contributed by atoms with E-state index in [4.69, 9.17) is 4.74 Å². The average molecular weight is 345 g/mol. The second-order valence-corrected chi connectivity index (χ2v) is 8.88.